The molecule has 2 rings (SSSR count). The van der Waals surface area contributed by atoms with Gasteiger partial charge in [0.2, 0.25) is 5.91 Å². The predicted molar refractivity (Wildman–Crippen MR) is 104 cm³/mol. The van der Waals surface area contributed by atoms with E-state index in [1.54, 1.807) is 0 Å². The number of aryl methyl sites for hydroxylation is 1. The van der Waals surface area contributed by atoms with Crippen molar-refractivity contribution in [2.75, 3.05) is 6.61 Å². The van der Waals surface area contributed by atoms with Crippen LogP contribution >= 0.6 is 0 Å². The number of carboxylic acids is 1. The van der Waals surface area contributed by atoms with E-state index in [2.05, 4.69) is 10.3 Å². The highest BCUT2D eigenvalue weighted by molar-refractivity contribution is 5.83. The zero-order valence-corrected chi connectivity index (χ0v) is 16.1. The molecule has 0 saturated heterocycles. The van der Waals surface area contributed by atoms with Crippen LogP contribution in [0.25, 0.3) is 11.3 Å². The molecule has 1 aromatic heterocycles. The van der Waals surface area contributed by atoms with Crippen LogP contribution in [0.2, 0.25) is 0 Å². The summed E-state index contributed by atoms with van der Waals surface area (Å²) in [6, 6.07) is 12.9. The maximum absolute atomic E-state index is 12.1. The molecule has 0 bridgehead atoms. The fourth-order valence-electron chi connectivity index (χ4n) is 2.63. The Morgan fingerprint density at radius 1 is 1.15 bits per heavy atom. The smallest absolute Gasteiger partial charge is 0.326 e. The third-order valence-corrected chi connectivity index (χ3v) is 4.03. The number of aromatic amines is 1. The van der Waals surface area contributed by atoms with E-state index >= 15 is 0 Å². The minimum absolute atomic E-state index is 0.221. The average Bonchev–Trinajstić information content (AvgIpc) is 3.08. The van der Waals surface area contributed by atoms with Gasteiger partial charge in [0.25, 0.3) is 0 Å². The van der Waals surface area contributed by atoms with Crippen LogP contribution in [0, 0.1) is 0 Å². The fourth-order valence-corrected chi connectivity index (χ4v) is 2.63. The van der Waals surface area contributed by atoms with E-state index in [0.29, 0.717) is 6.42 Å². The SMILES string of the molecule is CC(C)(C)OCCC(NC(=O)CCc1ccc(-c2ccccc2)[nH]1)C(=O)O. The van der Waals surface area contributed by atoms with Gasteiger partial charge in [-0.25, -0.2) is 4.79 Å². The van der Waals surface area contributed by atoms with E-state index in [4.69, 9.17) is 4.74 Å². The minimum Gasteiger partial charge on any atom is -0.480 e. The Bertz CT molecular complexity index is 747. The lowest BCUT2D eigenvalue weighted by Crippen LogP contribution is -2.42. The number of ether oxygens (including phenoxy) is 1. The zero-order chi connectivity index (χ0) is 19.9. The van der Waals surface area contributed by atoms with Gasteiger partial charge >= 0.3 is 5.97 Å². The summed E-state index contributed by atoms with van der Waals surface area (Å²) in [6.45, 7) is 5.99. The number of H-pyrrole nitrogens is 1. The number of nitrogens with one attached hydrogen (secondary N) is 2. The second kappa shape index (κ2) is 9.37. The lowest BCUT2D eigenvalue weighted by Gasteiger charge is -2.21. The molecule has 146 valence electrons. The molecule has 1 aromatic carbocycles. The van der Waals surface area contributed by atoms with Gasteiger partial charge in [-0.2, -0.15) is 0 Å². The molecule has 2 aromatic rings. The molecule has 0 saturated carbocycles. The quantitative estimate of drug-likeness (QED) is 0.629. The Kier molecular flexibility index (Phi) is 7.19. The Hall–Kier alpha value is -2.60. The molecule has 0 spiro atoms. The molecule has 0 fully saturated rings. The first-order valence-electron chi connectivity index (χ1n) is 9.14. The van der Waals surface area contributed by atoms with E-state index in [1.165, 1.54) is 0 Å². The zero-order valence-electron chi connectivity index (χ0n) is 16.1. The molecule has 3 N–H and O–H groups in total. The lowest BCUT2D eigenvalue weighted by molar-refractivity contribution is -0.142. The highest BCUT2D eigenvalue weighted by Crippen LogP contribution is 2.18. The van der Waals surface area contributed by atoms with Crippen molar-refractivity contribution < 1.29 is 19.4 Å². The fraction of sp³-hybridized carbons (Fsp3) is 0.429. The maximum Gasteiger partial charge on any atom is 0.326 e. The first-order chi connectivity index (χ1) is 12.7. The van der Waals surface area contributed by atoms with E-state index in [-0.39, 0.29) is 31.0 Å². The molecule has 6 heteroatoms. The topological polar surface area (TPSA) is 91.4 Å². The van der Waals surface area contributed by atoms with Gasteiger partial charge in [-0.15, -0.1) is 0 Å². The summed E-state index contributed by atoms with van der Waals surface area (Å²) in [5, 5.41) is 11.9. The van der Waals surface area contributed by atoms with Crippen molar-refractivity contribution in [1.82, 2.24) is 10.3 Å². The third kappa shape index (κ3) is 7.27. The Morgan fingerprint density at radius 2 is 1.85 bits per heavy atom. The summed E-state index contributed by atoms with van der Waals surface area (Å²) in [5.41, 5.74) is 2.68. The summed E-state index contributed by atoms with van der Waals surface area (Å²) in [5.74, 6) is -1.33. The molecule has 27 heavy (non-hydrogen) atoms. The standard InChI is InChI=1S/C21H28N2O4/c1-21(2,3)27-14-13-18(20(25)26)23-19(24)12-10-16-9-11-17(22-16)15-7-5-4-6-8-15/h4-9,11,18,22H,10,12-14H2,1-3H3,(H,23,24)(H,25,26). The van der Waals surface area contributed by atoms with Gasteiger partial charge in [0.15, 0.2) is 0 Å². The predicted octanol–water partition coefficient (Wildman–Crippen LogP) is 3.39. The Balaban J connectivity index is 1.82. The van der Waals surface area contributed by atoms with E-state index in [9.17, 15) is 14.7 Å². The molecule has 6 nitrogen and oxygen atoms in total. The van der Waals surface area contributed by atoms with Crippen LogP contribution in [0.3, 0.4) is 0 Å². The largest absolute Gasteiger partial charge is 0.480 e. The number of carboxylic acid groups (broad SMARTS) is 1. The summed E-state index contributed by atoms with van der Waals surface area (Å²) < 4.78 is 5.55. The lowest BCUT2D eigenvalue weighted by atomic mass is 10.1. The van der Waals surface area contributed by atoms with Gasteiger partial charge in [0.1, 0.15) is 6.04 Å². The van der Waals surface area contributed by atoms with E-state index in [0.717, 1.165) is 17.0 Å². The number of rotatable bonds is 9. The van der Waals surface area contributed by atoms with Crippen LogP contribution in [0.1, 0.15) is 39.3 Å². The summed E-state index contributed by atoms with van der Waals surface area (Å²) in [4.78, 5) is 26.8. The molecule has 0 aliphatic rings. The monoisotopic (exact) mass is 372 g/mol. The Morgan fingerprint density at radius 3 is 2.48 bits per heavy atom. The van der Waals surface area contributed by atoms with Crippen LogP contribution in [-0.2, 0) is 20.7 Å². The highest BCUT2D eigenvalue weighted by Gasteiger charge is 2.21. The second-order valence-corrected chi connectivity index (χ2v) is 7.47. The molecule has 0 radical (unpaired) electrons. The molecule has 1 heterocycles. The number of benzene rings is 1. The molecule has 1 atom stereocenters. The van der Waals surface area contributed by atoms with Crippen molar-refractivity contribution in [2.24, 2.45) is 0 Å². The molecule has 1 amide bonds. The average molecular weight is 372 g/mol. The van der Waals surface area contributed by atoms with E-state index < -0.39 is 12.0 Å². The number of hydrogen-bond donors (Lipinski definition) is 3. The van der Waals surface area contributed by atoms with Crippen LogP contribution in [0.15, 0.2) is 42.5 Å². The van der Waals surface area contributed by atoms with Crippen molar-refractivity contribution in [2.45, 2.75) is 51.7 Å². The number of hydrogen-bond acceptors (Lipinski definition) is 3. The number of carbonyl (C=O) groups excluding carboxylic acids is 1. The third-order valence-electron chi connectivity index (χ3n) is 4.03. The normalized spacial score (nSPS) is 12.6. The van der Waals surface area contributed by atoms with Gasteiger partial charge in [-0.1, -0.05) is 30.3 Å². The number of amides is 1. The summed E-state index contributed by atoms with van der Waals surface area (Å²) in [7, 11) is 0. The first kappa shape index (κ1) is 20.7. The van der Waals surface area contributed by atoms with Gasteiger partial charge in [0.05, 0.1) is 5.60 Å². The summed E-state index contributed by atoms with van der Waals surface area (Å²) in [6.07, 6.45) is 0.973. The van der Waals surface area contributed by atoms with Gasteiger partial charge < -0.3 is 20.1 Å². The van der Waals surface area contributed by atoms with Crippen molar-refractivity contribution in [3.63, 3.8) is 0 Å². The van der Waals surface area contributed by atoms with Crippen molar-refractivity contribution in [3.8, 4) is 11.3 Å². The van der Waals surface area contributed by atoms with Crippen LogP contribution < -0.4 is 5.32 Å². The second-order valence-electron chi connectivity index (χ2n) is 7.47. The number of carbonyl (C=O) groups is 2. The van der Waals surface area contributed by atoms with Crippen molar-refractivity contribution >= 4 is 11.9 Å². The van der Waals surface area contributed by atoms with Crippen molar-refractivity contribution in [3.05, 3.63) is 48.2 Å². The van der Waals surface area contributed by atoms with Gasteiger partial charge in [-0.3, -0.25) is 4.79 Å². The highest BCUT2D eigenvalue weighted by atomic mass is 16.5. The van der Waals surface area contributed by atoms with Crippen molar-refractivity contribution in [1.29, 1.82) is 0 Å². The maximum atomic E-state index is 12.1. The molecule has 1 unspecified atom stereocenters. The first-order valence-corrected chi connectivity index (χ1v) is 9.14. The van der Waals surface area contributed by atoms with Gasteiger partial charge in [0, 0.05) is 30.8 Å². The van der Waals surface area contributed by atoms with E-state index in [1.807, 2.05) is 63.2 Å². The molecular weight excluding hydrogens is 344 g/mol. The van der Waals surface area contributed by atoms with Crippen LogP contribution in [-0.4, -0.2) is 40.2 Å². The minimum atomic E-state index is -1.05. The number of aromatic nitrogens is 1. The molecule has 0 aliphatic heterocycles. The van der Waals surface area contributed by atoms with Gasteiger partial charge in [-0.05, 0) is 44.9 Å². The van der Waals surface area contributed by atoms with Crippen LogP contribution in [0.5, 0.6) is 0 Å². The number of aliphatic carboxylic acids is 1. The molecule has 0 aliphatic carbocycles. The molecular formula is C21H28N2O4. The van der Waals surface area contributed by atoms with Crippen LogP contribution in [0.4, 0.5) is 0 Å². The Labute approximate surface area is 159 Å². The summed E-state index contributed by atoms with van der Waals surface area (Å²) >= 11 is 0.